The lowest BCUT2D eigenvalue weighted by Crippen LogP contribution is -1.89. The number of furan rings is 1. The molecule has 0 saturated heterocycles. The second kappa shape index (κ2) is 6.93. The molecule has 0 amide bonds. The number of benzene rings is 3. The fraction of sp³-hybridized carbons (Fsp3) is 0. The van der Waals surface area contributed by atoms with Crippen LogP contribution in [0.3, 0.4) is 0 Å². The van der Waals surface area contributed by atoms with Gasteiger partial charge in [0.05, 0.1) is 11.0 Å². The maximum atomic E-state index is 5.81. The zero-order valence-corrected chi connectivity index (χ0v) is 17.4. The standard InChI is InChI=1S/C28H16N4O/c1-3-20-16-22(21-4-2-12-30-26(21)25(20)29-11-1)18-7-5-17(6-8-18)19-9-10-24-23(15-19)27-28(33-24)32-14-13-31-27/h1-16H. The Morgan fingerprint density at radius 3 is 2.15 bits per heavy atom. The summed E-state index contributed by atoms with van der Waals surface area (Å²) in [6, 6.07) is 25.1. The van der Waals surface area contributed by atoms with Crippen molar-refractivity contribution in [2.75, 3.05) is 0 Å². The molecule has 0 aliphatic carbocycles. The van der Waals surface area contributed by atoms with Crippen LogP contribution in [0.5, 0.6) is 0 Å². The van der Waals surface area contributed by atoms with Crippen molar-refractivity contribution in [2.24, 2.45) is 0 Å². The molecule has 0 fully saturated rings. The Kier molecular flexibility index (Phi) is 3.78. The fourth-order valence-corrected chi connectivity index (χ4v) is 4.53. The van der Waals surface area contributed by atoms with Gasteiger partial charge in [-0.25, -0.2) is 9.97 Å². The van der Waals surface area contributed by atoms with Crippen molar-refractivity contribution in [3.8, 4) is 22.3 Å². The van der Waals surface area contributed by atoms with Crippen molar-refractivity contribution in [1.82, 2.24) is 19.9 Å². The van der Waals surface area contributed by atoms with Crippen LogP contribution in [0.2, 0.25) is 0 Å². The predicted molar refractivity (Wildman–Crippen MR) is 131 cm³/mol. The van der Waals surface area contributed by atoms with E-state index in [4.69, 9.17) is 4.42 Å². The predicted octanol–water partition coefficient (Wildman–Crippen LogP) is 6.81. The van der Waals surface area contributed by atoms with Gasteiger partial charge in [0.1, 0.15) is 11.1 Å². The zero-order chi connectivity index (χ0) is 21.8. The van der Waals surface area contributed by atoms with E-state index in [-0.39, 0.29) is 0 Å². The van der Waals surface area contributed by atoms with Gasteiger partial charge < -0.3 is 4.42 Å². The summed E-state index contributed by atoms with van der Waals surface area (Å²) in [5.74, 6) is 0. The Labute approximate surface area is 188 Å². The molecular formula is C28H16N4O. The third-order valence-corrected chi connectivity index (χ3v) is 6.10. The number of aromatic nitrogens is 4. The van der Waals surface area contributed by atoms with Gasteiger partial charge in [-0.15, -0.1) is 0 Å². The number of nitrogens with zero attached hydrogens (tertiary/aromatic N) is 4. The summed E-state index contributed by atoms with van der Waals surface area (Å²) in [4.78, 5) is 17.9. The molecule has 154 valence electrons. The number of rotatable bonds is 2. The number of pyridine rings is 2. The highest BCUT2D eigenvalue weighted by Gasteiger charge is 2.12. The van der Waals surface area contributed by atoms with Crippen molar-refractivity contribution in [3.05, 3.63) is 97.6 Å². The van der Waals surface area contributed by atoms with Gasteiger partial charge in [-0.05, 0) is 52.6 Å². The zero-order valence-electron chi connectivity index (χ0n) is 17.4. The van der Waals surface area contributed by atoms with E-state index >= 15 is 0 Å². The molecule has 0 spiro atoms. The molecule has 33 heavy (non-hydrogen) atoms. The largest absolute Gasteiger partial charge is 0.436 e. The van der Waals surface area contributed by atoms with Crippen molar-refractivity contribution >= 4 is 44.0 Å². The molecule has 0 atom stereocenters. The molecular weight excluding hydrogens is 408 g/mol. The third kappa shape index (κ3) is 2.79. The van der Waals surface area contributed by atoms with Crippen LogP contribution in [-0.2, 0) is 0 Å². The Morgan fingerprint density at radius 2 is 1.24 bits per heavy atom. The van der Waals surface area contributed by atoms with E-state index in [0.717, 1.165) is 60.5 Å². The van der Waals surface area contributed by atoms with Crippen LogP contribution >= 0.6 is 0 Å². The van der Waals surface area contributed by atoms with Crippen LogP contribution in [0.25, 0.3) is 66.3 Å². The summed E-state index contributed by atoms with van der Waals surface area (Å²) in [7, 11) is 0. The quantitative estimate of drug-likeness (QED) is 0.285. The highest BCUT2D eigenvalue weighted by atomic mass is 16.3. The second-order valence-corrected chi connectivity index (χ2v) is 8.00. The van der Waals surface area contributed by atoms with Gasteiger partial charge in [-0.3, -0.25) is 9.97 Å². The Morgan fingerprint density at radius 1 is 0.515 bits per heavy atom. The van der Waals surface area contributed by atoms with E-state index in [0.29, 0.717) is 5.71 Å². The molecule has 0 bridgehead atoms. The first-order valence-electron chi connectivity index (χ1n) is 10.7. The maximum absolute atomic E-state index is 5.81. The molecule has 5 nitrogen and oxygen atoms in total. The molecule has 0 saturated carbocycles. The van der Waals surface area contributed by atoms with Gasteiger partial charge in [0.25, 0.3) is 0 Å². The second-order valence-electron chi connectivity index (χ2n) is 8.00. The number of hydrogen-bond acceptors (Lipinski definition) is 5. The first-order chi connectivity index (χ1) is 16.3. The van der Waals surface area contributed by atoms with Crippen LogP contribution in [0, 0.1) is 0 Å². The van der Waals surface area contributed by atoms with E-state index in [9.17, 15) is 0 Å². The summed E-state index contributed by atoms with van der Waals surface area (Å²) in [6.07, 6.45) is 6.98. The SMILES string of the molecule is c1cnc2c(c1)cc(-c1ccc(-c3ccc4oc5nccnc5c4c3)cc1)c1cccnc12. The van der Waals surface area contributed by atoms with Gasteiger partial charge in [0, 0.05) is 40.9 Å². The highest BCUT2D eigenvalue weighted by molar-refractivity contribution is 6.10. The topological polar surface area (TPSA) is 64.7 Å². The van der Waals surface area contributed by atoms with Crippen molar-refractivity contribution in [1.29, 1.82) is 0 Å². The van der Waals surface area contributed by atoms with Gasteiger partial charge in [-0.2, -0.15) is 0 Å². The lowest BCUT2D eigenvalue weighted by atomic mass is 9.95. The molecule has 0 radical (unpaired) electrons. The molecule has 7 rings (SSSR count). The van der Waals surface area contributed by atoms with E-state index in [2.05, 4.69) is 74.5 Å². The average molecular weight is 424 g/mol. The number of fused-ring (bicyclic) bond motifs is 6. The van der Waals surface area contributed by atoms with Gasteiger partial charge in [0.15, 0.2) is 0 Å². The Bertz CT molecular complexity index is 1820. The monoisotopic (exact) mass is 424 g/mol. The first-order valence-corrected chi connectivity index (χ1v) is 10.7. The lowest BCUT2D eigenvalue weighted by molar-refractivity contribution is 0.653. The van der Waals surface area contributed by atoms with E-state index in [1.807, 2.05) is 30.6 Å². The highest BCUT2D eigenvalue weighted by Crippen LogP contribution is 2.35. The maximum Gasteiger partial charge on any atom is 0.246 e. The van der Waals surface area contributed by atoms with Crippen LogP contribution < -0.4 is 0 Å². The normalized spacial score (nSPS) is 11.6. The fourth-order valence-electron chi connectivity index (χ4n) is 4.53. The van der Waals surface area contributed by atoms with Gasteiger partial charge in [-0.1, -0.05) is 42.5 Å². The summed E-state index contributed by atoms with van der Waals surface area (Å²) in [5, 5.41) is 3.15. The van der Waals surface area contributed by atoms with E-state index in [1.54, 1.807) is 12.4 Å². The lowest BCUT2D eigenvalue weighted by Gasteiger charge is -2.10. The average Bonchev–Trinajstić information content (AvgIpc) is 3.26. The van der Waals surface area contributed by atoms with Crippen LogP contribution in [0.15, 0.2) is 102 Å². The molecule has 7 aromatic rings. The summed E-state index contributed by atoms with van der Waals surface area (Å²) < 4.78 is 5.81. The van der Waals surface area contributed by atoms with Gasteiger partial charge >= 0.3 is 0 Å². The summed E-state index contributed by atoms with van der Waals surface area (Å²) in [5.41, 5.74) is 8.52. The van der Waals surface area contributed by atoms with E-state index < -0.39 is 0 Å². The van der Waals surface area contributed by atoms with Gasteiger partial charge in [0.2, 0.25) is 5.71 Å². The number of hydrogen-bond donors (Lipinski definition) is 0. The van der Waals surface area contributed by atoms with Crippen molar-refractivity contribution < 1.29 is 4.42 Å². The molecule has 3 aromatic carbocycles. The van der Waals surface area contributed by atoms with Crippen molar-refractivity contribution in [2.45, 2.75) is 0 Å². The molecule has 0 aliphatic heterocycles. The molecule has 0 aliphatic rings. The van der Waals surface area contributed by atoms with Crippen LogP contribution in [0.4, 0.5) is 0 Å². The van der Waals surface area contributed by atoms with Crippen molar-refractivity contribution in [3.63, 3.8) is 0 Å². The molecule has 4 aromatic heterocycles. The molecule has 4 heterocycles. The van der Waals surface area contributed by atoms with Crippen LogP contribution in [0.1, 0.15) is 0 Å². The first kappa shape index (κ1) is 18.0. The minimum absolute atomic E-state index is 0.561. The Hall–Kier alpha value is -4.64. The minimum Gasteiger partial charge on any atom is -0.436 e. The molecule has 0 N–H and O–H groups in total. The third-order valence-electron chi connectivity index (χ3n) is 6.10. The summed E-state index contributed by atoms with van der Waals surface area (Å²) >= 11 is 0. The van der Waals surface area contributed by atoms with E-state index in [1.165, 1.54) is 0 Å². The summed E-state index contributed by atoms with van der Waals surface area (Å²) in [6.45, 7) is 0. The minimum atomic E-state index is 0.561. The molecule has 0 unspecified atom stereocenters. The van der Waals surface area contributed by atoms with Crippen LogP contribution in [-0.4, -0.2) is 19.9 Å². The smallest absolute Gasteiger partial charge is 0.246 e. The molecule has 5 heteroatoms. The Balaban J connectivity index is 1.36.